The second kappa shape index (κ2) is 5.92. The molecule has 0 amide bonds. The Balaban J connectivity index is 2.22. The van der Waals surface area contributed by atoms with Gasteiger partial charge in [0.25, 0.3) is 0 Å². The summed E-state index contributed by atoms with van der Waals surface area (Å²) in [5.41, 5.74) is 1.36. The Morgan fingerprint density at radius 2 is 2.10 bits per heavy atom. The van der Waals surface area contributed by atoms with Crippen LogP contribution in [-0.4, -0.2) is 11.1 Å². The first-order valence-corrected chi connectivity index (χ1v) is 6.26. The molecular formula is C15H12ClFO3. The maximum absolute atomic E-state index is 14.0. The molecule has 2 rings (SSSR count). The molecule has 0 saturated heterocycles. The van der Waals surface area contributed by atoms with Crippen molar-refractivity contribution < 1.29 is 19.0 Å². The summed E-state index contributed by atoms with van der Waals surface area (Å²) < 4.78 is 19.3. The second-order valence-electron chi connectivity index (χ2n) is 4.32. The molecule has 2 aromatic rings. The number of carbonyl (C=O) groups is 1. The summed E-state index contributed by atoms with van der Waals surface area (Å²) in [6.45, 7) is 2.09. The third-order valence-electron chi connectivity index (χ3n) is 2.75. The predicted octanol–water partition coefficient (Wildman–Crippen LogP) is 4.06. The van der Waals surface area contributed by atoms with Crippen molar-refractivity contribution in [3.8, 4) is 5.75 Å². The lowest BCUT2D eigenvalue weighted by molar-refractivity contribution is 0.0691. The number of hydrogen-bond acceptors (Lipinski definition) is 2. The first kappa shape index (κ1) is 14.3. The Hall–Kier alpha value is -2.07. The van der Waals surface area contributed by atoms with E-state index in [0.29, 0.717) is 0 Å². The highest BCUT2D eigenvalue weighted by molar-refractivity contribution is 6.33. The number of carboxylic acid groups (broad SMARTS) is 1. The summed E-state index contributed by atoms with van der Waals surface area (Å²) >= 11 is 5.66. The molecule has 0 heterocycles. The van der Waals surface area contributed by atoms with E-state index in [2.05, 4.69) is 0 Å². The van der Waals surface area contributed by atoms with Crippen LogP contribution in [0.15, 0.2) is 36.4 Å². The number of benzene rings is 2. The van der Waals surface area contributed by atoms with Crippen molar-refractivity contribution in [2.24, 2.45) is 0 Å². The quantitative estimate of drug-likeness (QED) is 0.925. The third-order valence-corrected chi connectivity index (χ3v) is 3.06. The highest BCUT2D eigenvalue weighted by Crippen LogP contribution is 2.27. The van der Waals surface area contributed by atoms with Crippen molar-refractivity contribution in [2.45, 2.75) is 13.5 Å². The summed E-state index contributed by atoms with van der Waals surface area (Å²) in [6.07, 6.45) is 0. The number of halogens is 2. The van der Waals surface area contributed by atoms with Gasteiger partial charge < -0.3 is 9.84 Å². The molecule has 0 unspecified atom stereocenters. The van der Waals surface area contributed by atoms with Crippen molar-refractivity contribution in [1.29, 1.82) is 0 Å². The Morgan fingerprint density at radius 3 is 2.75 bits per heavy atom. The first-order chi connectivity index (χ1) is 9.49. The van der Waals surface area contributed by atoms with E-state index in [9.17, 15) is 9.18 Å². The van der Waals surface area contributed by atoms with Crippen LogP contribution >= 0.6 is 11.6 Å². The molecule has 3 nitrogen and oxygen atoms in total. The van der Waals surface area contributed by atoms with Crippen LogP contribution in [0.2, 0.25) is 5.02 Å². The van der Waals surface area contributed by atoms with Gasteiger partial charge in [0.2, 0.25) is 0 Å². The summed E-state index contributed by atoms with van der Waals surface area (Å²) in [6, 6.07) is 10.2. The fraction of sp³-hybridized carbons (Fsp3) is 0.133. The Morgan fingerprint density at radius 1 is 1.35 bits per heavy atom. The van der Waals surface area contributed by atoms with Crippen molar-refractivity contribution in [2.75, 3.05) is 0 Å². The topological polar surface area (TPSA) is 46.5 Å². The van der Waals surface area contributed by atoms with Crippen LogP contribution in [0.3, 0.4) is 0 Å². The minimum atomic E-state index is -1.42. The van der Waals surface area contributed by atoms with Gasteiger partial charge >= 0.3 is 5.97 Å². The van der Waals surface area contributed by atoms with Gasteiger partial charge in [0.1, 0.15) is 12.2 Å². The summed E-state index contributed by atoms with van der Waals surface area (Å²) in [5, 5.41) is 8.76. The molecule has 104 valence electrons. The van der Waals surface area contributed by atoms with Crippen molar-refractivity contribution in [3.05, 3.63) is 63.9 Å². The van der Waals surface area contributed by atoms with Crippen LogP contribution in [0.5, 0.6) is 5.75 Å². The van der Waals surface area contributed by atoms with Crippen LogP contribution in [0.25, 0.3) is 0 Å². The standard InChI is InChI=1S/C15H12ClFO3/c1-9-3-2-4-10(7-9)8-20-12-6-5-11(16)13(14(12)17)15(18)19/h2-7H,8H2,1H3,(H,18,19). The molecule has 0 bridgehead atoms. The minimum absolute atomic E-state index is 0.131. The molecule has 0 spiro atoms. The maximum atomic E-state index is 14.0. The fourth-order valence-corrected chi connectivity index (χ4v) is 2.03. The monoisotopic (exact) mass is 294 g/mol. The van der Waals surface area contributed by atoms with E-state index in [0.717, 1.165) is 11.1 Å². The molecule has 0 aliphatic rings. The molecule has 0 saturated carbocycles. The predicted molar refractivity (Wildman–Crippen MR) is 73.9 cm³/mol. The van der Waals surface area contributed by atoms with Gasteiger partial charge in [-0.1, -0.05) is 41.4 Å². The highest BCUT2D eigenvalue weighted by atomic mass is 35.5. The van der Waals surface area contributed by atoms with E-state index in [1.165, 1.54) is 12.1 Å². The first-order valence-electron chi connectivity index (χ1n) is 5.88. The van der Waals surface area contributed by atoms with Crippen LogP contribution in [0.4, 0.5) is 4.39 Å². The highest BCUT2D eigenvalue weighted by Gasteiger charge is 2.19. The van der Waals surface area contributed by atoms with Crippen LogP contribution in [0.1, 0.15) is 21.5 Å². The number of hydrogen-bond donors (Lipinski definition) is 1. The third kappa shape index (κ3) is 3.08. The van der Waals surface area contributed by atoms with Gasteiger partial charge in [-0.05, 0) is 24.6 Å². The van der Waals surface area contributed by atoms with E-state index in [4.69, 9.17) is 21.4 Å². The van der Waals surface area contributed by atoms with Gasteiger partial charge in [-0.15, -0.1) is 0 Å². The zero-order chi connectivity index (χ0) is 14.7. The lowest BCUT2D eigenvalue weighted by Crippen LogP contribution is -2.05. The number of aryl methyl sites for hydroxylation is 1. The van der Waals surface area contributed by atoms with Crippen molar-refractivity contribution in [3.63, 3.8) is 0 Å². The largest absolute Gasteiger partial charge is 0.486 e. The van der Waals surface area contributed by atoms with Crippen molar-refractivity contribution in [1.82, 2.24) is 0 Å². The SMILES string of the molecule is Cc1cccc(COc2ccc(Cl)c(C(=O)O)c2F)c1. The fourth-order valence-electron chi connectivity index (χ4n) is 1.80. The molecule has 0 aliphatic heterocycles. The normalized spacial score (nSPS) is 10.3. The molecule has 5 heteroatoms. The zero-order valence-corrected chi connectivity index (χ0v) is 11.4. The number of aromatic carboxylic acids is 1. The number of ether oxygens (including phenoxy) is 1. The Labute approximate surface area is 120 Å². The molecular weight excluding hydrogens is 283 g/mol. The van der Waals surface area contributed by atoms with Gasteiger partial charge in [-0.3, -0.25) is 0 Å². The summed E-state index contributed by atoms with van der Waals surface area (Å²) in [5.74, 6) is -2.51. The van der Waals surface area contributed by atoms with E-state index in [1.807, 2.05) is 31.2 Å². The minimum Gasteiger partial charge on any atom is -0.486 e. The molecule has 20 heavy (non-hydrogen) atoms. The second-order valence-corrected chi connectivity index (χ2v) is 4.72. The van der Waals surface area contributed by atoms with Crippen LogP contribution in [-0.2, 0) is 6.61 Å². The molecule has 1 N–H and O–H groups in total. The maximum Gasteiger partial charge on any atom is 0.340 e. The number of carboxylic acids is 1. The molecule has 0 aliphatic carbocycles. The molecule has 2 aromatic carbocycles. The zero-order valence-electron chi connectivity index (χ0n) is 10.7. The van der Waals surface area contributed by atoms with E-state index >= 15 is 0 Å². The van der Waals surface area contributed by atoms with Crippen LogP contribution in [0, 0.1) is 12.7 Å². The van der Waals surface area contributed by atoms with Gasteiger partial charge in [0.15, 0.2) is 11.6 Å². The lowest BCUT2D eigenvalue weighted by atomic mass is 10.1. The molecule has 0 aromatic heterocycles. The van der Waals surface area contributed by atoms with Gasteiger partial charge in [0, 0.05) is 0 Å². The summed E-state index contributed by atoms with van der Waals surface area (Å²) in [7, 11) is 0. The van der Waals surface area contributed by atoms with Gasteiger partial charge in [-0.2, -0.15) is 0 Å². The Kier molecular flexibility index (Phi) is 4.25. The summed E-state index contributed by atoms with van der Waals surface area (Å²) in [4.78, 5) is 10.9. The molecule has 0 radical (unpaired) electrons. The van der Waals surface area contributed by atoms with Gasteiger partial charge in [0.05, 0.1) is 5.02 Å². The Bertz CT molecular complexity index is 656. The molecule has 0 fully saturated rings. The molecule has 0 atom stereocenters. The van der Waals surface area contributed by atoms with Crippen molar-refractivity contribution >= 4 is 17.6 Å². The smallest absolute Gasteiger partial charge is 0.340 e. The van der Waals surface area contributed by atoms with Crippen LogP contribution < -0.4 is 4.74 Å². The number of rotatable bonds is 4. The van der Waals surface area contributed by atoms with E-state index in [-0.39, 0.29) is 17.4 Å². The van der Waals surface area contributed by atoms with E-state index < -0.39 is 17.3 Å². The average Bonchev–Trinajstić information content (AvgIpc) is 2.37. The van der Waals surface area contributed by atoms with E-state index in [1.54, 1.807) is 0 Å². The lowest BCUT2D eigenvalue weighted by Gasteiger charge is -2.10. The average molecular weight is 295 g/mol. The van der Waals surface area contributed by atoms with Gasteiger partial charge in [-0.25, -0.2) is 9.18 Å².